The molecule has 5 heteroatoms. The molecule has 0 amide bonds. The van der Waals surface area contributed by atoms with Crippen molar-refractivity contribution < 1.29 is 8.91 Å². The molecule has 0 aliphatic rings. The molecule has 0 saturated heterocycles. The predicted octanol–water partition coefficient (Wildman–Crippen LogP) is 1.69. The summed E-state index contributed by atoms with van der Waals surface area (Å²) in [6.07, 6.45) is 1.82. The van der Waals surface area contributed by atoms with E-state index in [0.29, 0.717) is 36.7 Å². The van der Waals surface area contributed by atoms with E-state index in [1.54, 1.807) is 18.2 Å². The Morgan fingerprint density at radius 1 is 1.29 bits per heavy atom. The number of benzene rings is 1. The Bertz CT molecular complexity index is 484. The Balaban J connectivity index is 2.04. The molecule has 0 aliphatic heterocycles. The maximum Gasteiger partial charge on any atom is 0.226 e. The van der Waals surface area contributed by atoms with E-state index in [1.165, 1.54) is 6.07 Å². The molecule has 1 heterocycles. The average Bonchev–Trinajstić information content (AvgIpc) is 2.77. The largest absolute Gasteiger partial charge is 0.339 e. The summed E-state index contributed by atoms with van der Waals surface area (Å²) in [4.78, 5) is 4.18. The van der Waals surface area contributed by atoms with E-state index in [9.17, 15) is 4.39 Å². The quantitative estimate of drug-likeness (QED) is 0.856. The van der Waals surface area contributed by atoms with Crippen LogP contribution in [0.1, 0.15) is 23.7 Å². The zero-order chi connectivity index (χ0) is 12.1. The van der Waals surface area contributed by atoms with Crippen molar-refractivity contribution in [2.75, 3.05) is 6.54 Å². The lowest BCUT2D eigenvalue weighted by Crippen LogP contribution is -2.00. The number of halogens is 1. The summed E-state index contributed by atoms with van der Waals surface area (Å²) >= 11 is 0. The molecule has 2 N–H and O–H groups in total. The summed E-state index contributed by atoms with van der Waals surface area (Å²) in [7, 11) is 0. The van der Waals surface area contributed by atoms with Gasteiger partial charge in [-0.1, -0.05) is 23.4 Å². The summed E-state index contributed by atoms with van der Waals surface area (Å²) in [5, 5.41) is 3.81. The van der Waals surface area contributed by atoms with E-state index >= 15 is 0 Å². The number of hydrogen-bond donors (Lipinski definition) is 1. The number of aryl methyl sites for hydroxylation is 1. The van der Waals surface area contributed by atoms with E-state index in [4.69, 9.17) is 10.3 Å². The number of aromatic nitrogens is 2. The van der Waals surface area contributed by atoms with Crippen molar-refractivity contribution in [2.24, 2.45) is 5.73 Å². The lowest BCUT2D eigenvalue weighted by molar-refractivity contribution is 0.371. The van der Waals surface area contributed by atoms with E-state index in [1.807, 2.05) is 0 Å². The van der Waals surface area contributed by atoms with Gasteiger partial charge in [-0.2, -0.15) is 4.98 Å². The summed E-state index contributed by atoms with van der Waals surface area (Å²) < 4.78 is 18.4. The summed E-state index contributed by atoms with van der Waals surface area (Å²) in [5.41, 5.74) is 5.96. The zero-order valence-corrected chi connectivity index (χ0v) is 9.40. The fourth-order valence-electron chi connectivity index (χ4n) is 1.53. The van der Waals surface area contributed by atoms with Crippen LogP contribution in [0.2, 0.25) is 0 Å². The first-order valence-corrected chi connectivity index (χ1v) is 5.54. The minimum absolute atomic E-state index is 0.249. The molecule has 1 aromatic carbocycles. The van der Waals surface area contributed by atoms with Gasteiger partial charge < -0.3 is 10.3 Å². The Hall–Kier alpha value is -1.75. The van der Waals surface area contributed by atoms with Gasteiger partial charge in [0, 0.05) is 12.8 Å². The second kappa shape index (κ2) is 5.54. The van der Waals surface area contributed by atoms with Gasteiger partial charge in [0.2, 0.25) is 5.89 Å². The van der Waals surface area contributed by atoms with Crippen LogP contribution >= 0.6 is 0 Å². The molecule has 1 aromatic heterocycles. The first-order chi connectivity index (χ1) is 8.29. The molecule has 0 spiro atoms. The maximum absolute atomic E-state index is 13.4. The summed E-state index contributed by atoms with van der Waals surface area (Å²) in [5.74, 6) is 0.810. The van der Waals surface area contributed by atoms with Gasteiger partial charge in [-0.3, -0.25) is 0 Å². The van der Waals surface area contributed by atoms with Crippen molar-refractivity contribution in [3.8, 4) is 0 Å². The fraction of sp³-hybridized carbons (Fsp3) is 0.333. The fourth-order valence-corrected chi connectivity index (χ4v) is 1.53. The van der Waals surface area contributed by atoms with Gasteiger partial charge in [-0.15, -0.1) is 0 Å². The molecule has 0 aliphatic carbocycles. The third kappa shape index (κ3) is 3.10. The smallest absolute Gasteiger partial charge is 0.226 e. The van der Waals surface area contributed by atoms with Crippen molar-refractivity contribution in [1.82, 2.24) is 10.1 Å². The van der Waals surface area contributed by atoms with Gasteiger partial charge in [-0.05, 0) is 24.6 Å². The first-order valence-electron chi connectivity index (χ1n) is 5.54. The molecular weight excluding hydrogens is 221 g/mol. The average molecular weight is 235 g/mol. The predicted molar refractivity (Wildman–Crippen MR) is 60.9 cm³/mol. The lowest BCUT2D eigenvalue weighted by atomic mass is 10.1. The molecule has 0 atom stereocenters. The first kappa shape index (κ1) is 11.7. The molecule has 2 rings (SSSR count). The SMILES string of the molecule is NCCCc1nc(Cc2ccccc2F)no1. The number of hydrogen-bond acceptors (Lipinski definition) is 4. The van der Waals surface area contributed by atoms with Crippen molar-refractivity contribution in [3.63, 3.8) is 0 Å². The van der Waals surface area contributed by atoms with Gasteiger partial charge in [0.25, 0.3) is 0 Å². The minimum atomic E-state index is -0.249. The minimum Gasteiger partial charge on any atom is -0.339 e. The molecule has 17 heavy (non-hydrogen) atoms. The number of rotatable bonds is 5. The Morgan fingerprint density at radius 3 is 2.88 bits per heavy atom. The van der Waals surface area contributed by atoms with E-state index in [-0.39, 0.29) is 5.82 Å². The molecule has 0 radical (unpaired) electrons. The van der Waals surface area contributed by atoms with Crippen LogP contribution in [0, 0.1) is 5.82 Å². The highest BCUT2D eigenvalue weighted by Gasteiger charge is 2.09. The van der Waals surface area contributed by atoms with Crippen molar-refractivity contribution in [3.05, 3.63) is 47.4 Å². The third-order valence-electron chi connectivity index (χ3n) is 2.41. The lowest BCUT2D eigenvalue weighted by Gasteiger charge is -1.97. The van der Waals surface area contributed by atoms with Crippen LogP contribution in [0.25, 0.3) is 0 Å². The molecular formula is C12H14FN3O. The number of nitrogens with zero attached hydrogens (tertiary/aromatic N) is 2. The molecule has 4 nitrogen and oxygen atoms in total. The Kier molecular flexibility index (Phi) is 3.82. The van der Waals surface area contributed by atoms with Crippen molar-refractivity contribution >= 4 is 0 Å². The highest BCUT2D eigenvalue weighted by Crippen LogP contribution is 2.11. The zero-order valence-electron chi connectivity index (χ0n) is 9.40. The van der Waals surface area contributed by atoms with Gasteiger partial charge in [-0.25, -0.2) is 4.39 Å². The van der Waals surface area contributed by atoms with Crippen LogP contribution in [-0.2, 0) is 12.8 Å². The van der Waals surface area contributed by atoms with Crippen LogP contribution in [0.15, 0.2) is 28.8 Å². The van der Waals surface area contributed by atoms with Gasteiger partial charge in [0.1, 0.15) is 5.82 Å². The normalized spacial score (nSPS) is 10.7. The van der Waals surface area contributed by atoms with E-state index < -0.39 is 0 Å². The van der Waals surface area contributed by atoms with Crippen LogP contribution < -0.4 is 5.73 Å². The van der Waals surface area contributed by atoms with Crippen LogP contribution in [-0.4, -0.2) is 16.7 Å². The van der Waals surface area contributed by atoms with Crippen molar-refractivity contribution in [1.29, 1.82) is 0 Å². The van der Waals surface area contributed by atoms with Crippen LogP contribution in [0.3, 0.4) is 0 Å². The monoisotopic (exact) mass is 235 g/mol. The van der Waals surface area contributed by atoms with Crippen molar-refractivity contribution in [2.45, 2.75) is 19.3 Å². The van der Waals surface area contributed by atoms with Crippen LogP contribution in [0.4, 0.5) is 4.39 Å². The van der Waals surface area contributed by atoms with Gasteiger partial charge in [0.05, 0.1) is 0 Å². The standard InChI is InChI=1S/C12H14FN3O/c13-10-5-2-1-4-9(10)8-11-15-12(17-16-11)6-3-7-14/h1-2,4-5H,3,6-8,14H2. The molecule has 0 fully saturated rings. The molecule has 2 aromatic rings. The van der Waals surface area contributed by atoms with Crippen LogP contribution in [0.5, 0.6) is 0 Å². The van der Waals surface area contributed by atoms with Gasteiger partial charge in [0.15, 0.2) is 5.82 Å². The Labute approximate surface area is 98.6 Å². The highest BCUT2D eigenvalue weighted by atomic mass is 19.1. The van der Waals surface area contributed by atoms with E-state index in [2.05, 4.69) is 10.1 Å². The summed E-state index contributed by atoms with van der Waals surface area (Å²) in [6, 6.07) is 6.57. The molecule has 0 saturated carbocycles. The van der Waals surface area contributed by atoms with E-state index in [0.717, 1.165) is 6.42 Å². The second-order valence-corrected chi connectivity index (χ2v) is 3.76. The molecule has 0 unspecified atom stereocenters. The second-order valence-electron chi connectivity index (χ2n) is 3.76. The van der Waals surface area contributed by atoms with Gasteiger partial charge >= 0.3 is 0 Å². The number of nitrogens with two attached hydrogens (primary N) is 1. The molecule has 0 bridgehead atoms. The highest BCUT2D eigenvalue weighted by molar-refractivity contribution is 5.20. The third-order valence-corrected chi connectivity index (χ3v) is 2.41. The summed E-state index contributed by atoms with van der Waals surface area (Å²) in [6.45, 7) is 0.588. The molecule has 90 valence electrons. The maximum atomic E-state index is 13.4. The Morgan fingerprint density at radius 2 is 2.12 bits per heavy atom. The topological polar surface area (TPSA) is 64.9 Å².